The van der Waals surface area contributed by atoms with Crippen LogP contribution in [0, 0.1) is 0 Å². The molecule has 0 saturated heterocycles. The molecule has 0 aliphatic heterocycles. The Labute approximate surface area is 112 Å². The number of ketones is 1. The number of benzene rings is 1. The van der Waals surface area contributed by atoms with E-state index < -0.39 is 0 Å². The first-order valence-electron chi connectivity index (χ1n) is 6.10. The van der Waals surface area contributed by atoms with Gasteiger partial charge in [0.25, 0.3) is 0 Å². The molecule has 1 atom stereocenters. The van der Waals surface area contributed by atoms with E-state index in [1.807, 2.05) is 49.8 Å². The van der Waals surface area contributed by atoms with E-state index in [4.69, 9.17) is 0 Å². The summed E-state index contributed by atoms with van der Waals surface area (Å²) < 4.78 is 0. The fourth-order valence-electron chi connectivity index (χ4n) is 2.00. The highest BCUT2D eigenvalue weighted by molar-refractivity contribution is 7.12. The molecular formula is C15H18NOS+. The molecule has 0 unspecified atom stereocenters. The second-order valence-electron chi connectivity index (χ2n) is 4.66. The Bertz CT molecular complexity index is 490. The van der Waals surface area contributed by atoms with Crippen molar-refractivity contribution in [2.45, 2.75) is 12.5 Å². The molecule has 1 N–H and O–H groups in total. The Hall–Kier alpha value is -1.45. The first kappa shape index (κ1) is 13.0. The van der Waals surface area contributed by atoms with Crippen molar-refractivity contribution in [1.29, 1.82) is 0 Å². The van der Waals surface area contributed by atoms with Crippen LogP contribution in [0.25, 0.3) is 0 Å². The zero-order chi connectivity index (χ0) is 13.0. The number of nitrogens with one attached hydrogen (secondary N) is 1. The van der Waals surface area contributed by atoms with E-state index in [2.05, 4.69) is 12.1 Å². The number of rotatable bonds is 5. The quantitative estimate of drug-likeness (QED) is 0.812. The van der Waals surface area contributed by atoms with Crippen molar-refractivity contribution in [2.24, 2.45) is 0 Å². The molecule has 1 aromatic carbocycles. The third-order valence-electron chi connectivity index (χ3n) is 3.06. The molecule has 0 amide bonds. The average Bonchev–Trinajstić information content (AvgIpc) is 2.90. The molecule has 0 bridgehead atoms. The normalized spacial score (nSPS) is 12.6. The second kappa shape index (κ2) is 5.94. The molecule has 1 heterocycles. The van der Waals surface area contributed by atoms with Crippen LogP contribution in [-0.2, 0) is 6.42 Å². The van der Waals surface area contributed by atoms with Gasteiger partial charge >= 0.3 is 0 Å². The van der Waals surface area contributed by atoms with E-state index in [9.17, 15) is 4.79 Å². The maximum atomic E-state index is 12.4. The molecule has 2 nitrogen and oxygen atoms in total. The van der Waals surface area contributed by atoms with Gasteiger partial charge in [-0.2, -0.15) is 0 Å². The van der Waals surface area contributed by atoms with Gasteiger partial charge in [-0.3, -0.25) is 4.79 Å². The van der Waals surface area contributed by atoms with Crippen LogP contribution < -0.4 is 4.90 Å². The monoisotopic (exact) mass is 260 g/mol. The summed E-state index contributed by atoms with van der Waals surface area (Å²) in [5, 5.41) is 1.96. The van der Waals surface area contributed by atoms with E-state index in [0.29, 0.717) is 0 Å². The zero-order valence-electron chi connectivity index (χ0n) is 10.7. The molecule has 3 heteroatoms. The molecule has 94 valence electrons. The Kier molecular flexibility index (Phi) is 4.28. The minimum absolute atomic E-state index is 0.00829. The molecule has 18 heavy (non-hydrogen) atoms. The summed E-state index contributed by atoms with van der Waals surface area (Å²) in [6.45, 7) is 0. The van der Waals surface area contributed by atoms with Crippen molar-refractivity contribution in [1.82, 2.24) is 0 Å². The lowest BCUT2D eigenvalue weighted by Crippen LogP contribution is -3.11. The standard InChI is InChI=1S/C15H17NOS/c1-16(2)13(11-12-7-4-3-5-8-12)15(17)14-9-6-10-18-14/h3-10,13H,11H2,1-2H3/p+1/t13-/m0/s1. The highest BCUT2D eigenvalue weighted by Crippen LogP contribution is 2.12. The highest BCUT2D eigenvalue weighted by atomic mass is 32.1. The van der Waals surface area contributed by atoms with Crippen molar-refractivity contribution in [3.63, 3.8) is 0 Å². The molecule has 2 aromatic rings. The van der Waals surface area contributed by atoms with Gasteiger partial charge in [-0.1, -0.05) is 36.4 Å². The first-order chi connectivity index (χ1) is 8.68. The van der Waals surface area contributed by atoms with Crippen LogP contribution in [0.4, 0.5) is 0 Å². The van der Waals surface area contributed by atoms with Crippen LogP contribution in [0.3, 0.4) is 0 Å². The predicted molar refractivity (Wildman–Crippen MR) is 75.4 cm³/mol. The molecule has 2 rings (SSSR count). The number of thiophene rings is 1. The van der Waals surface area contributed by atoms with Crippen LogP contribution in [0.15, 0.2) is 47.8 Å². The molecule has 0 aliphatic carbocycles. The van der Waals surface area contributed by atoms with Gasteiger partial charge in [-0.15, -0.1) is 11.3 Å². The molecule has 0 radical (unpaired) electrons. The summed E-state index contributed by atoms with van der Waals surface area (Å²) in [5.41, 5.74) is 1.22. The zero-order valence-corrected chi connectivity index (χ0v) is 11.5. The van der Waals surface area contributed by atoms with E-state index in [1.54, 1.807) is 0 Å². The van der Waals surface area contributed by atoms with Gasteiger partial charge in [0.15, 0.2) is 6.04 Å². The summed E-state index contributed by atoms with van der Waals surface area (Å²) in [7, 11) is 4.08. The van der Waals surface area contributed by atoms with Crippen molar-refractivity contribution in [3.8, 4) is 0 Å². The predicted octanol–water partition coefficient (Wildman–Crippen LogP) is 1.69. The van der Waals surface area contributed by atoms with E-state index in [-0.39, 0.29) is 11.8 Å². The minimum Gasteiger partial charge on any atom is -0.331 e. The minimum atomic E-state index is -0.00829. The molecular weight excluding hydrogens is 242 g/mol. The lowest BCUT2D eigenvalue weighted by atomic mass is 10.0. The molecule has 1 aromatic heterocycles. The Morgan fingerprint density at radius 1 is 1.17 bits per heavy atom. The SMILES string of the molecule is C[NH+](C)[C@@H](Cc1ccccc1)C(=O)c1cccs1. The lowest BCUT2D eigenvalue weighted by molar-refractivity contribution is -0.874. The van der Waals surface area contributed by atoms with E-state index >= 15 is 0 Å². The van der Waals surface area contributed by atoms with Crippen LogP contribution >= 0.6 is 11.3 Å². The fourth-order valence-corrected chi connectivity index (χ4v) is 2.72. The van der Waals surface area contributed by atoms with Crippen LogP contribution in [0.2, 0.25) is 0 Å². The number of carbonyl (C=O) groups is 1. The van der Waals surface area contributed by atoms with Gasteiger partial charge in [-0.05, 0) is 17.0 Å². The number of hydrogen-bond acceptors (Lipinski definition) is 2. The summed E-state index contributed by atoms with van der Waals surface area (Å²) >= 11 is 1.52. The number of Topliss-reactive ketones (excluding diaryl/α,β-unsaturated/α-hetero) is 1. The van der Waals surface area contributed by atoms with Crippen molar-refractivity contribution < 1.29 is 9.69 Å². The van der Waals surface area contributed by atoms with Gasteiger partial charge in [0.2, 0.25) is 5.78 Å². The maximum Gasteiger partial charge on any atom is 0.230 e. The number of quaternary nitrogens is 1. The second-order valence-corrected chi connectivity index (χ2v) is 5.61. The van der Waals surface area contributed by atoms with Gasteiger partial charge < -0.3 is 4.90 Å². The average molecular weight is 260 g/mol. The van der Waals surface area contributed by atoms with Gasteiger partial charge in [0, 0.05) is 6.42 Å². The molecule has 0 saturated carbocycles. The van der Waals surface area contributed by atoms with E-state index in [1.165, 1.54) is 21.8 Å². The van der Waals surface area contributed by atoms with E-state index in [0.717, 1.165) is 11.3 Å². The fraction of sp³-hybridized carbons (Fsp3) is 0.267. The van der Waals surface area contributed by atoms with Crippen LogP contribution in [0.1, 0.15) is 15.2 Å². The number of hydrogen-bond donors (Lipinski definition) is 1. The number of likely N-dealkylation sites (N-methyl/N-ethyl adjacent to an activating group) is 1. The largest absolute Gasteiger partial charge is 0.331 e. The van der Waals surface area contributed by atoms with Gasteiger partial charge in [0.05, 0.1) is 19.0 Å². The summed E-state index contributed by atoms with van der Waals surface area (Å²) in [5.74, 6) is 0.244. The Morgan fingerprint density at radius 2 is 1.89 bits per heavy atom. The smallest absolute Gasteiger partial charge is 0.230 e. The van der Waals surface area contributed by atoms with Crippen molar-refractivity contribution in [3.05, 3.63) is 58.3 Å². The summed E-state index contributed by atoms with van der Waals surface area (Å²) in [6.07, 6.45) is 0.792. The summed E-state index contributed by atoms with van der Waals surface area (Å²) in [4.78, 5) is 14.5. The number of carbonyl (C=O) groups excluding carboxylic acids is 1. The van der Waals surface area contributed by atoms with Crippen molar-refractivity contribution in [2.75, 3.05) is 14.1 Å². The topological polar surface area (TPSA) is 21.5 Å². The maximum absolute atomic E-state index is 12.4. The van der Waals surface area contributed by atoms with Crippen molar-refractivity contribution >= 4 is 17.1 Å². The Morgan fingerprint density at radius 3 is 2.44 bits per heavy atom. The molecule has 0 fully saturated rings. The lowest BCUT2D eigenvalue weighted by Gasteiger charge is -2.19. The third-order valence-corrected chi connectivity index (χ3v) is 3.94. The molecule has 0 aliphatic rings. The van der Waals surface area contributed by atoms with Gasteiger partial charge in [0.1, 0.15) is 0 Å². The third kappa shape index (κ3) is 3.06. The highest BCUT2D eigenvalue weighted by Gasteiger charge is 2.26. The Balaban J connectivity index is 2.17. The van der Waals surface area contributed by atoms with Gasteiger partial charge in [-0.25, -0.2) is 0 Å². The van der Waals surface area contributed by atoms with Crippen LogP contribution in [0.5, 0.6) is 0 Å². The first-order valence-corrected chi connectivity index (χ1v) is 6.98. The summed E-state index contributed by atoms with van der Waals surface area (Å²) in [6, 6.07) is 14.0. The molecule has 0 spiro atoms. The van der Waals surface area contributed by atoms with Crippen LogP contribution in [-0.4, -0.2) is 25.9 Å².